The fourth-order valence-electron chi connectivity index (χ4n) is 7.53. The van der Waals surface area contributed by atoms with Crippen molar-refractivity contribution in [2.45, 2.75) is 142 Å². The third-order valence-corrected chi connectivity index (χ3v) is 10.9. The summed E-state index contributed by atoms with van der Waals surface area (Å²) in [5.41, 5.74) is -1.14. The van der Waals surface area contributed by atoms with E-state index in [4.69, 9.17) is 18.9 Å². The first-order chi connectivity index (χ1) is 22.8. The number of hydrogen-bond acceptors (Lipinski definition) is 12. The predicted molar refractivity (Wildman–Crippen MR) is 187 cm³/mol. The molecular formula is C36H62N4O9. The lowest BCUT2D eigenvalue weighted by Gasteiger charge is -2.48. The van der Waals surface area contributed by atoms with Crippen LogP contribution in [0, 0.1) is 23.7 Å². The number of rotatable bonds is 7. The van der Waals surface area contributed by atoms with E-state index in [2.05, 4.69) is 15.2 Å². The number of hydrogen-bond donors (Lipinski definition) is 5. The number of nitrogens with zero attached hydrogens (tertiary/aromatic N) is 3. The summed E-state index contributed by atoms with van der Waals surface area (Å²) >= 11 is 0. The van der Waals surface area contributed by atoms with Crippen molar-refractivity contribution in [3.63, 3.8) is 0 Å². The molecule has 0 aliphatic carbocycles. The average molecular weight is 695 g/mol. The van der Waals surface area contributed by atoms with Gasteiger partial charge in [0.1, 0.15) is 17.8 Å². The molecule has 1 aromatic rings. The van der Waals surface area contributed by atoms with Gasteiger partial charge in [0.2, 0.25) is 0 Å². The lowest BCUT2D eigenvalue weighted by atomic mass is 9.73. The molecule has 0 bridgehead atoms. The number of likely N-dealkylation sites (N-methyl/N-ethyl adjacent to an activating group) is 1. The Kier molecular flexibility index (Phi) is 14.2. The molecule has 14 atom stereocenters. The molecule has 1 aromatic heterocycles. The van der Waals surface area contributed by atoms with Gasteiger partial charge in [0.25, 0.3) is 0 Å². The predicted octanol–water partition coefficient (Wildman–Crippen LogP) is 3.14. The zero-order valence-electron chi connectivity index (χ0n) is 31.5. The summed E-state index contributed by atoms with van der Waals surface area (Å²) in [6, 6.07) is 3.49. The highest BCUT2D eigenvalue weighted by Crippen LogP contribution is 2.39. The van der Waals surface area contributed by atoms with Gasteiger partial charge in [-0.2, -0.15) is 10.2 Å². The second-order valence-electron chi connectivity index (χ2n) is 15.0. The number of cyclic esters (lactones) is 1. The summed E-state index contributed by atoms with van der Waals surface area (Å²) in [5, 5.41) is 55.9. The summed E-state index contributed by atoms with van der Waals surface area (Å²) in [6.45, 7) is 15.8. The number of aliphatic hydroxyl groups excluding tert-OH is 3. The van der Waals surface area contributed by atoms with Crippen molar-refractivity contribution in [3.8, 4) is 0 Å². The van der Waals surface area contributed by atoms with Crippen molar-refractivity contribution in [1.29, 1.82) is 0 Å². The molecule has 2 fully saturated rings. The minimum absolute atomic E-state index is 0.211. The fourth-order valence-corrected chi connectivity index (χ4v) is 7.53. The van der Waals surface area contributed by atoms with Crippen molar-refractivity contribution in [1.82, 2.24) is 9.88 Å². The summed E-state index contributed by atoms with van der Waals surface area (Å²) in [7, 11) is 5.33. The molecule has 0 aromatic carbocycles. The third kappa shape index (κ3) is 9.17. The van der Waals surface area contributed by atoms with Crippen molar-refractivity contribution in [3.05, 3.63) is 24.0 Å². The molecule has 0 amide bonds. The molecule has 0 spiro atoms. The first-order valence-corrected chi connectivity index (χ1v) is 17.6. The maximum Gasteiger partial charge on any atom is 0.311 e. The van der Waals surface area contributed by atoms with E-state index in [-0.39, 0.29) is 25.0 Å². The molecule has 5 unspecified atom stereocenters. The molecule has 3 heterocycles. The van der Waals surface area contributed by atoms with Crippen molar-refractivity contribution in [2.24, 2.45) is 33.9 Å². The molecule has 0 radical (unpaired) electrons. The van der Waals surface area contributed by atoms with E-state index in [9.17, 15) is 25.2 Å². The lowest BCUT2D eigenvalue weighted by Crippen LogP contribution is -2.60. The topological polar surface area (TPSA) is 179 Å². The molecule has 3 rings (SSSR count). The van der Waals surface area contributed by atoms with Gasteiger partial charge < -0.3 is 49.3 Å². The zero-order valence-corrected chi connectivity index (χ0v) is 31.5. The van der Waals surface area contributed by atoms with E-state index in [0.29, 0.717) is 17.8 Å². The molecule has 5 N–H and O–H groups in total. The Balaban J connectivity index is 2.19. The summed E-state index contributed by atoms with van der Waals surface area (Å²) < 4.78 is 24.9. The number of esters is 1. The van der Waals surface area contributed by atoms with Gasteiger partial charge in [0.15, 0.2) is 6.29 Å². The highest BCUT2D eigenvalue weighted by Gasteiger charge is 2.51. The van der Waals surface area contributed by atoms with E-state index in [1.807, 2.05) is 58.8 Å². The fraction of sp³-hybridized carbons (Fsp3) is 0.806. The number of carbonyl (C=O) groups is 1. The number of carbonyl (C=O) groups excluding carboxylic acids is 1. The molecule has 0 saturated carbocycles. The van der Waals surface area contributed by atoms with Crippen LogP contribution in [0.4, 0.5) is 0 Å². The van der Waals surface area contributed by atoms with Gasteiger partial charge in [-0.05, 0) is 86.0 Å². The second kappa shape index (κ2) is 16.9. The first-order valence-electron chi connectivity index (χ1n) is 17.6. The van der Waals surface area contributed by atoms with Crippen LogP contribution in [0.3, 0.4) is 0 Å². The van der Waals surface area contributed by atoms with Gasteiger partial charge in [-0.1, -0.05) is 27.7 Å². The third-order valence-electron chi connectivity index (χ3n) is 10.9. The van der Waals surface area contributed by atoms with Crippen LogP contribution in [0.1, 0.15) is 87.3 Å². The molecule has 13 nitrogen and oxygen atoms in total. The molecule has 2 aliphatic rings. The SMILES string of the molecule is CC[C@H]1OC(=O)[C@H](C)C(O)[C@H](C)[C@@H](OC2OC(C)CC(N(C)C)C2O)[C@](C)(OC)C[C@@H](C)/C(=N\N=C(/C)c2ccc[nH]2)[C@H](C)[C@@H](O)[C@]1(C)O. The van der Waals surface area contributed by atoms with Crippen LogP contribution < -0.4 is 0 Å². The Morgan fingerprint density at radius 3 is 2.31 bits per heavy atom. The highest BCUT2D eigenvalue weighted by atomic mass is 16.7. The van der Waals surface area contributed by atoms with Crippen LogP contribution in [0.25, 0.3) is 0 Å². The minimum Gasteiger partial charge on any atom is -0.459 e. The van der Waals surface area contributed by atoms with Crippen LogP contribution in [-0.4, -0.2) is 129 Å². The van der Waals surface area contributed by atoms with Crippen LogP contribution in [0.15, 0.2) is 28.5 Å². The number of methoxy groups -OCH3 is 1. The molecular weight excluding hydrogens is 632 g/mol. The molecule has 49 heavy (non-hydrogen) atoms. The van der Waals surface area contributed by atoms with E-state index in [1.54, 1.807) is 41.0 Å². The largest absolute Gasteiger partial charge is 0.459 e. The normalized spacial score (nSPS) is 43.0. The maximum atomic E-state index is 13.6. The standard InChI is InChI=1S/C36H62N4O9/c1-13-27-36(9,45)31(43)21(4)28(39-38-24(7)25-15-14-16-37-25)19(2)18-35(8,46-12)32(22(5)29(41)23(6)33(44)48-27)49-34-30(42)26(40(10)11)17-20(3)47-34/h14-16,19-23,26-27,29-32,34,37,41-43,45H,13,17-18H2,1-12H3/b38-24+,39-28+/t19-,20?,21+,22+,23-,26?,27-,29?,30?,31-,32-,34?,35-,36-/m1/s1. The quantitative estimate of drug-likeness (QED) is 0.162. The van der Waals surface area contributed by atoms with Gasteiger partial charge in [-0.25, -0.2) is 0 Å². The summed E-state index contributed by atoms with van der Waals surface area (Å²) in [6.07, 6.45) is -4.09. The van der Waals surface area contributed by atoms with Gasteiger partial charge in [-0.3, -0.25) is 4.79 Å². The second-order valence-corrected chi connectivity index (χ2v) is 15.0. The molecule has 2 saturated heterocycles. The van der Waals surface area contributed by atoms with E-state index in [1.165, 1.54) is 6.92 Å². The molecule has 280 valence electrons. The first kappa shape index (κ1) is 41.2. The Morgan fingerprint density at radius 1 is 1.10 bits per heavy atom. The van der Waals surface area contributed by atoms with Crippen LogP contribution in [0.5, 0.6) is 0 Å². The number of H-pyrrole nitrogens is 1. The van der Waals surface area contributed by atoms with Gasteiger partial charge in [-0.15, -0.1) is 0 Å². The van der Waals surface area contributed by atoms with E-state index in [0.717, 1.165) is 5.69 Å². The number of aliphatic hydroxyl groups is 4. The summed E-state index contributed by atoms with van der Waals surface area (Å²) in [5.74, 6) is -3.65. The smallest absolute Gasteiger partial charge is 0.311 e. The zero-order chi connectivity index (χ0) is 37.0. The number of aromatic amines is 1. The lowest BCUT2D eigenvalue weighted by molar-refractivity contribution is -0.301. The summed E-state index contributed by atoms with van der Waals surface area (Å²) in [4.78, 5) is 18.6. The Bertz CT molecular complexity index is 1270. The van der Waals surface area contributed by atoms with Gasteiger partial charge >= 0.3 is 5.97 Å². The number of nitrogens with one attached hydrogen (secondary N) is 1. The molecule has 2 aliphatic heterocycles. The van der Waals surface area contributed by atoms with E-state index < -0.39 is 77.7 Å². The monoisotopic (exact) mass is 694 g/mol. The van der Waals surface area contributed by atoms with Crippen LogP contribution in [0.2, 0.25) is 0 Å². The molecule has 13 heteroatoms. The van der Waals surface area contributed by atoms with Gasteiger partial charge in [0.05, 0.1) is 47.3 Å². The Labute approximate surface area is 292 Å². The highest BCUT2D eigenvalue weighted by molar-refractivity contribution is 5.98. The maximum absolute atomic E-state index is 13.6. The average Bonchev–Trinajstić information content (AvgIpc) is 3.60. The minimum atomic E-state index is -1.87. The number of ether oxygens (including phenoxy) is 4. The number of aromatic nitrogens is 1. The van der Waals surface area contributed by atoms with Crippen molar-refractivity contribution < 1.29 is 44.2 Å². The Morgan fingerprint density at radius 2 is 1.76 bits per heavy atom. The van der Waals surface area contributed by atoms with E-state index >= 15 is 0 Å². The van der Waals surface area contributed by atoms with Crippen molar-refractivity contribution >= 4 is 17.4 Å². The Hall–Kier alpha value is -2.23. The van der Waals surface area contributed by atoms with Crippen LogP contribution in [-0.2, 0) is 23.7 Å². The van der Waals surface area contributed by atoms with Gasteiger partial charge in [0, 0.05) is 36.9 Å². The van der Waals surface area contributed by atoms with Crippen LogP contribution >= 0.6 is 0 Å². The van der Waals surface area contributed by atoms with Crippen molar-refractivity contribution in [2.75, 3.05) is 21.2 Å².